The van der Waals surface area contributed by atoms with E-state index in [1.165, 1.54) is 7.11 Å². The Morgan fingerprint density at radius 2 is 1.91 bits per heavy atom. The van der Waals surface area contributed by atoms with Crippen molar-refractivity contribution in [2.24, 2.45) is 0 Å². The Kier molecular flexibility index (Phi) is 8.89. The van der Waals surface area contributed by atoms with Gasteiger partial charge in [-0.1, -0.05) is 30.4 Å². The van der Waals surface area contributed by atoms with E-state index in [4.69, 9.17) is 29.0 Å². The van der Waals surface area contributed by atoms with Crippen LogP contribution >= 0.6 is 0 Å². The summed E-state index contributed by atoms with van der Waals surface area (Å²) in [7, 11) is 1.38. The van der Waals surface area contributed by atoms with E-state index in [2.05, 4.69) is 35.1 Å². The van der Waals surface area contributed by atoms with Crippen LogP contribution in [-0.2, 0) is 25.4 Å². The lowest BCUT2D eigenvalue weighted by atomic mass is 9.92. The molecule has 1 saturated heterocycles. The third-order valence-electron chi connectivity index (χ3n) is 8.54. The van der Waals surface area contributed by atoms with Gasteiger partial charge in [0.2, 0.25) is 0 Å². The van der Waals surface area contributed by atoms with Crippen LogP contribution in [-0.4, -0.2) is 75.0 Å². The maximum atomic E-state index is 13.3. The number of ether oxygens (including phenoxy) is 4. The van der Waals surface area contributed by atoms with Crippen molar-refractivity contribution in [3.63, 3.8) is 0 Å². The molecular weight excluding hydrogens is 584 g/mol. The van der Waals surface area contributed by atoms with Gasteiger partial charge < -0.3 is 23.8 Å². The molecule has 3 aliphatic heterocycles. The number of esters is 1. The zero-order chi connectivity index (χ0) is 32.5. The molecule has 0 radical (unpaired) electrons. The third-order valence-corrected chi connectivity index (χ3v) is 8.54. The number of anilines is 1. The van der Waals surface area contributed by atoms with Gasteiger partial charge in [-0.3, -0.25) is 0 Å². The topological polar surface area (TPSA) is 105 Å². The molecule has 0 amide bonds. The smallest absolute Gasteiger partial charge is 0.339 e. The van der Waals surface area contributed by atoms with E-state index in [0.717, 1.165) is 42.0 Å². The van der Waals surface area contributed by atoms with Gasteiger partial charge in [-0.15, -0.1) is 5.10 Å². The summed E-state index contributed by atoms with van der Waals surface area (Å²) in [5.41, 5.74) is 3.18. The summed E-state index contributed by atoms with van der Waals surface area (Å²) >= 11 is 0. The monoisotopic (exact) mass is 628 g/mol. The van der Waals surface area contributed by atoms with Crippen LogP contribution in [0.25, 0.3) is 11.5 Å². The van der Waals surface area contributed by atoms with Gasteiger partial charge in [0.1, 0.15) is 11.6 Å². The fourth-order valence-electron chi connectivity index (χ4n) is 6.11. The van der Waals surface area contributed by atoms with E-state index >= 15 is 0 Å². The highest BCUT2D eigenvalue weighted by Crippen LogP contribution is 2.38. The highest BCUT2D eigenvalue weighted by Gasteiger charge is 2.38. The van der Waals surface area contributed by atoms with Crippen molar-refractivity contribution in [2.45, 2.75) is 77.6 Å². The molecule has 0 N–H and O–H groups in total. The van der Waals surface area contributed by atoms with Crippen LogP contribution in [0.4, 0.5) is 5.82 Å². The number of rotatable bonds is 3. The molecule has 11 heteroatoms. The zero-order valence-electron chi connectivity index (χ0n) is 27.7. The van der Waals surface area contributed by atoms with Crippen molar-refractivity contribution in [1.82, 2.24) is 24.4 Å². The molecule has 11 nitrogen and oxygen atoms in total. The summed E-state index contributed by atoms with van der Waals surface area (Å²) in [6.45, 7) is 12.4. The van der Waals surface area contributed by atoms with Crippen molar-refractivity contribution in [3.8, 4) is 11.6 Å². The highest BCUT2D eigenvalue weighted by molar-refractivity contribution is 5.80. The van der Waals surface area contributed by atoms with Gasteiger partial charge >= 0.3 is 5.97 Å². The van der Waals surface area contributed by atoms with Crippen LogP contribution in [0.15, 0.2) is 54.9 Å². The molecule has 6 bridgehead atoms. The lowest BCUT2D eigenvalue weighted by Gasteiger charge is -2.41. The van der Waals surface area contributed by atoms with E-state index in [0.29, 0.717) is 55.4 Å². The van der Waals surface area contributed by atoms with Gasteiger partial charge in [0.05, 0.1) is 43.3 Å². The molecule has 0 unspecified atom stereocenters. The minimum atomic E-state index is -0.993. The van der Waals surface area contributed by atoms with Gasteiger partial charge in [-0.05, 0) is 71.1 Å². The number of methoxy groups -OCH3 is 1. The van der Waals surface area contributed by atoms with Gasteiger partial charge in [0, 0.05) is 37.5 Å². The average molecular weight is 629 g/mol. The maximum absolute atomic E-state index is 13.3. The second-order valence-electron chi connectivity index (χ2n) is 13.3. The van der Waals surface area contributed by atoms with E-state index in [9.17, 15) is 4.79 Å². The molecule has 3 aromatic heterocycles. The molecule has 3 aliphatic rings. The lowest BCUT2D eigenvalue weighted by Crippen LogP contribution is -2.45. The number of aromatic nitrogens is 5. The summed E-state index contributed by atoms with van der Waals surface area (Å²) in [6, 6.07) is 10.0. The Labute approximate surface area is 270 Å². The summed E-state index contributed by atoms with van der Waals surface area (Å²) < 4.78 is 27.8. The number of aryl methyl sites for hydroxylation is 1. The number of piperidine rings is 1. The number of carbonyl (C=O) groups is 1. The number of carbonyl (C=O) groups excluding carboxylic acids is 1. The predicted octanol–water partition coefficient (Wildman–Crippen LogP) is 5.56. The molecule has 4 aromatic rings. The first-order valence-corrected chi connectivity index (χ1v) is 16.0. The van der Waals surface area contributed by atoms with Crippen molar-refractivity contribution >= 4 is 17.4 Å². The fourth-order valence-corrected chi connectivity index (χ4v) is 6.11. The second-order valence-corrected chi connectivity index (χ2v) is 13.3. The van der Waals surface area contributed by atoms with Crippen molar-refractivity contribution in [1.29, 1.82) is 0 Å². The molecule has 0 aliphatic carbocycles. The van der Waals surface area contributed by atoms with Crippen LogP contribution in [0.1, 0.15) is 75.4 Å². The molecule has 1 atom stereocenters. The van der Waals surface area contributed by atoms with Crippen molar-refractivity contribution < 1.29 is 23.7 Å². The molecule has 244 valence electrons. The Balaban J connectivity index is 1.48. The summed E-state index contributed by atoms with van der Waals surface area (Å²) in [5.74, 6) is 1.77. The Morgan fingerprint density at radius 1 is 1.13 bits per heavy atom. The van der Waals surface area contributed by atoms with E-state index in [-0.39, 0.29) is 5.60 Å². The molecule has 1 aromatic carbocycles. The lowest BCUT2D eigenvalue weighted by molar-refractivity contribution is -0.164. The largest absolute Gasteiger partial charge is 0.493 e. The number of benzene rings is 1. The normalized spacial score (nSPS) is 18.4. The summed E-state index contributed by atoms with van der Waals surface area (Å²) in [6.07, 6.45) is 10.1. The Hall–Kier alpha value is -4.22. The first-order valence-electron chi connectivity index (χ1n) is 16.0. The van der Waals surface area contributed by atoms with E-state index in [1.807, 2.05) is 68.9 Å². The molecule has 0 saturated carbocycles. The number of nitrogens with zero attached hydrogens (tertiary/aromatic N) is 6. The number of para-hydroxylation sites is 1. The number of fused-ring (bicyclic) bond motifs is 7. The standard InChI is InChI=1S/C35H44N6O5/c1-24-30(31(33(42)43-6)46-34(2,3)4)32-39-16-14-35(5,15-17-39)45-19-11-7-10-18-44-27-13-9-8-12-26(27)20-25-22-36-40(23-25)29-21-28(37-24)41(32)38-29/h7-9,11-13,21-23,31H,10,14-20H2,1-6H3/b11-7+/t31-/m0/s1. The van der Waals surface area contributed by atoms with E-state index in [1.54, 1.807) is 4.68 Å². The predicted molar refractivity (Wildman–Crippen MR) is 175 cm³/mol. The van der Waals surface area contributed by atoms with Gasteiger partial charge in [-0.25, -0.2) is 14.5 Å². The van der Waals surface area contributed by atoms with Crippen molar-refractivity contribution in [3.05, 3.63) is 77.3 Å². The first-order chi connectivity index (χ1) is 22.0. The molecule has 0 spiro atoms. The Morgan fingerprint density at radius 3 is 2.67 bits per heavy atom. The summed E-state index contributed by atoms with van der Waals surface area (Å²) in [4.78, 5) is 20.5. The number of hydrogen-bond donors (Lipinski definition) is 0. The SMILES string of the molecule is COC(=O)[C@@H](OC(C)(C)C)c1c(C)nc2cc3nn2c1N1CCC(C)(CC1)OC/C=C/CCOc1ccccc1Cc1cnn-3c1. The molecule has 6 heterocycles. The minimum Gasteiger partial charge on any atom is -0.493 e. The molecule has 46 heavy (non-hydrogen) atoms. The van der Waals surface area contributed by atoms with Crippen LogP contribution < -0.4 is 9.64 Å². The van der Waals surface area contributed by atoms with Crippen LogP contribution in [0.3, 0.4) is 0 Å². The Bertz CT molecular complexity index is 1730. The van der Waals surface area contributed by atoms with Crippen LogP contribution in [0, 0.1) is 6.92 Å². The average Bonchev–Trinajstić information content (AvgIpc) is 3.66. The maximum Gasteiger partial charge on any atom is 0.339 e. The molecule has 7 rings (SSSR count). The zero-order valence-corrected chi connectivity index (χ0v) is 27.7. The fraction of sp³-hybridized carbons (Fsp3) is 0.486. The van der Waals surface area contributed by atoms with Gasteiger partial charge in [0.25, 0.3) is 0 Å². The molecular formula is C35H44N6O5. The molecule has 1 fully saturated rings. The van der Waals surface area contributed by atoms with Crippen LogP contribution in [0.2, 0.25) is 0 Å². The minimum absolute atomic E-state index is 0.291. The van der Waals surface area contributed by atoms with Crippen LogP contribution in [0.5, 0.6) is 5.75 Å². The first kappa shape index (κ1) is 31.7. The second kappa shape index (κ2) is 12.9. The highest BCUT2D eigenvalue weighted by atomic mass is 16.6. The quantitative estimate of drug-likeness (QED) is 0.213. The third kappa shape index (κ3) is 6.80. The summed E-state index contributed by atoms with van der Waals surface area (Å²) in [5, 5.41) is 9.69. The van der Waals surface area contributed by atoms with Crippen molar-refractivity contribution in [2.75, 3.05) is 38.3 Å². The van der Waals surface area contributed by atoms with E-state index < -0.39 is 17.7 Å². The number of hydrogen-bond acceptors (Lipinski definition) is 9. The van der Waals surface area contributed by atoms with Gasteiger partial charge in [0.15, 0.2) is 17.6 Å². The van der Waals surface area contributed by atoms with Gasteiger partial charge in [-0.2, -0.15) is 9.61 Å².